The van der Waals surface area contributed by atoms with Crippen molar-refractivity contribution in [3.8, 4) is 0 Å². The summed E-state index contributed by atoms with van der Waals surface area (Å²) in [6.07, 6.45) is 3.19. The Morgan fingerprint density at radius 1 is 1.42 bits per heavy atom. The third-order valence-corrected chi connectivity index (χ3v) is 4.26. The average Bonchev–Trinajstić information content (AvgIpc) is 2.76. The average molecular weight is 340 g/mol. The van der Waals surface area contributed by atoms with Crippen molar-refractivity contribution in [2.24, 2.45) is 0 Å². The van der Waals surface area contributed by atoms with Crippen LogP contribution in [0.4, 0.5) is 0 Å². The highest BCUT2D eigenvalue weighted by Crippen LogP contribution is 2.24. The molecule has 0 spiro atoms. The second-order valence-corrected chi connectivity index (χ2v) is 6.54. The first kappa shape index (κ1) is 14.1. The summed E-state index contributed by atoms with van der Waals surface area (Å²) in [5, 5.41) is 5.84. The van der Waals surface area contributed by atoms with Gasteiger partial charge in [-0.25, -0.2) is 4.98 Å². The van der Waals surface area contributed by atoms with Crippen LogP contribution in [0.1, 0.15) is 34.9 Å². The molecule has 0 aliphatic heterocycles. The summed E-state index contributed by atoms with van der Waals surface area (Å²) >= 11 is 4.85. The molecule has 2 aromatic heterocycles. The number of hydrogen-bond acceptors (Lipinski definition) is 4. The minimum absolute atomic E-state index is 0.161. The lowest BCUT2D eigenvalue weighted by Crippen LogP contribution is -2.41. The molecule has 19 heavy (non-hydrogen) atoms. The Morgan fingerprint density at radius 2 is 2.16 bits per heavy atom. The van der Waals surface area contributed by atoms with Crippen molar-refractivity contribution in [3.05, 3.63) is 44.6 Å². The molecule has 0 atom stereocenters. The van der Waals surface area contributed by atoms with E-state index in [2.05, 4.69) is 31.2 Å². The van der Waals surface area contributed by atoms with E-state index in [1.165, 1.54) is 0 Å². The van der Waals surface area contributed by atoms with Crippen LogP contribution in [0.5, 0.6) is 0 Å². The first-order chi connectivity index (χ1) is 8.88. The predicted molar refractivity (Wildman–Crippen MR) is 79.3 cm³/mol. The Labute approximate surface area is 124 Å². The number of carbonyl (C=O) groups excluding carboxylic acids is 1. The first-order valence-electron chi connectivity index (χ1n) is 5.74. The minimum Gasteiger partial charge on any atom is -0.341 e. The molecule has 0 aliphatic rings. The molecule has 0 saturated heterocycles. The van der Waals surface area contributed by atoms with Crippen molar-refractivity contribution in [3.63, 3.8) is 0 Å². The number of pyridine rings is 1. The number of nitrogens with one attached hydrogen (secondary N) is 1. The third-order valence-electron chi connectivity index (χ3n) is 2.55. The number of carbonyl (C=O) groups is 1. The lowest BCUT2D eigenvalue weighted by molar-refractivity contribution is 0.0911. The Morgan fingerprint density at radius 3 is 2.74 bits per heavy atom. The Kier molecular flexibility index (Phi) is 4.01. The van der Waals surface area contributed by atoms with Gasteiger partial charge in [0.25, 0.3) is 5.91 Å². The van der Waals surface area contributed by atoms with Crippen molar-refractivity contribution in [2.45, 2.75) is 26.3 Å². The van der Waals surface area contributed by atoms with Gasteiger partial charge in [-0.05, 0) is 42.8 Å². The summed E-state index contributed by atoms with van der Waals surface area (Å²) < 4.78 is 0.781. The molecule has 0 aliphatic carbocycles. The molecule has 0 radical (unpaired) electrons. The predicted octanol–water partition coefficient (Wildman–Crippen LogP) is 3.27. The molecule has 0 saturated carbocycles. The van der Waals surface area contributed by atoms with E-state index in [4.69, 9.17) is 0 Å². The van der Waals surface area contributed by atoms with Gasteiger partial charge >= 0.3 is 0 Å². The molecule has 0 unspecified atom stereocenters. The van der Waals surface area contributed by atoms with E-state index in [0.717, 1.165) is 15.2 Å². The smallest absolute Gasteiger partial charge is 0.253 e. The topological polar surface area (TPSA) is 54.9 Å². The fraction of sp³-hybridized carbons (Fsp3) is 0.308. The number of rotatable bonds is 3. The van der Waals surface area contributed by atoms with Gasteiger partial charge in [0.15, 0.2) is 0 Å². The van der Waals surface area contributed by atoms with Gasteiger partial charge in [0.05, 0.1) is 11.1 Å². The largest absolute Gasteiger partial charge is 0.341 e. The lowest BCUT2D eigenvalue weighted by atomic mass is 10.1. The van der Waals surface area contributed by atoms with Crippen molar-refractivity contribution < 1.29 is 4.79 Å². The van der Waals surface area contributed by atoms with Gasteiger partial charge in [0, 0.05) is 27.9 Å². The van der Waals surface area contributed by atoms with Gasteiger partial charge in [-0.3, -0.25) is 9.78 Å². The number of nitrogens with zero attached hydrogens (tertiary/aromatic N) is 2. The molecule has 100 valence electrons. The molecular weight excluding hydrogens is 326 g/mol. The van der Waals surface area contributed by atoms with Crippen LogP contribution in [-0.2, 0) is 5.54 Å². The normalized spacial score (nSPS) is 11.4. The van der Waals surface area contributed by atoms with Crippen molar-refractivity contribution in [1.29, 1.82) is 0 Å². The zero-order chi connectivity index (χ0) is 14.0. The number of thiazole rings is 1. The highest BCUT2D eigenvalue weighted by molar-refractivity contribution is 9.10. The van der Waals surface area contributed by atoms with Crippen LogP contribution in [0.2, 0.25) is 0 Å². The zero-order valence-electron chi connectivity index (χ0n) is 10.9. The zero-order valence-corrected chi connectivity index (χ0v) is 13.3. The van der Waals surface area contributed by atoms with E-state index in [1.54, 1.807) is 29.8 Å². The summed E-state index contributed by atoms with van der Waals surface area (Å²) in [5.41, 5.74) is 0.986. The molecule has 2 aromatic rings. The van der Waals surface area contributed by atoms with Gasteiger partial charge in [0.1, 0.15) is 5.01 Å². The maximum atomic E-state index is 12.2. The summed E-state index contributed by atoms with van der Waals surface area (Å²) in [6.45, 7) is 5.82. The van der Waals surface area contributed by atoms with E-state index in [-0.39, 0.29) is 5.91 Å². The highest BCUT2D eigenvalue weighted by atomic mass is 79.9. The Hall–Kier alpha value is -1.27. The summed E-state index contributed by atoms with van der Waals surface area (Å²) in [5.74, 6) is -0.161. The maximum Gasteiger partial charge on any atom is 0.253 e. The van der Waals surface area contributed by atoms with E-state index < -0.39 is 5.54 Å². The van der Waals surface area contributed by atoms with Gasteiger partial charge < -0.3 is 5.32 Å². The minimum atomic E-state index is -0.502. The van der Waals surface area contributed by atoms with Crippen LogP contribution >= 0.6 is 27.3 Å². The summed E-state index contributed by atoms with van der Waals surface area (Å²) in [6, 6.07) is 1.74. The maximum absolute atomic E-state index is 12.2. The summed E-state index contributed by atoms with van der Waals surface area (Å²) in [4.78, 5) is 20.6. The third kappa shape index (κ3) is 3.39. The highest BCUT2D eigenvalue weighted by Gasteiger charge is 2.26. The fourth-order valence-electron chi connectivity index (χ4n) is 1.59. The number of amides is 1. The molecule has 1 N–H and O–H groups in total. The Bertz CT molecular complexity index is 609. The van der Waals surface area contributed by atoms with Crippen LogP contribution in [0.25, 0.3) is 0 Å². The van der Waals surface area contributed by atoms with Crippen molar-refractivity contribution in [1.82, 2.24) is 15.3 Å². The summed E-state index contributed by atoms with van der Waals surface area (Å²) in [7, 11) is 0. The quantitative estimate of drug-likeness (QED) is 0.933. The van der Waals surface area contributed by atoms with E-state index in [0.29, 0.717) is 5.56 Å². The molecule has 2 rings (SSSR count). The van der Waals surface area contributed by atoms with Gasteiger partial charge in [-0.1, -0.05) is 0 Å². The van der Waals surface area contributed by atoms with Gasteiger partial charge in [-0.15, -0.1) is 11.3 Å². The van der Waals surface area contributed by atoms with Gasteiger partial charge in [-0.2, -0.15) is 0 Å². The van der Waals surface area contributed by atoms with Crippen molar-refractivity contribution in [2.75, 3.05) is 0 Å². The van der Waals surface area contributed by atoms with E-state index >= 15 is 0 Å². The number of halogens is 1. The molecule has 0 bridgehead atoms. The lowest BCUT2D eigenvalue weighted by Gasteiger charge is -2.23. The van der Waals surface area contributed by atoms with Crippen LogP contribution in [0.15, 0.2) is 28.3 Å². The molecule has 0 fully saturated rings. The van der Waals surface area contributed by atoms with Crippen LogP contribution in [-0.4, -0.2) is 15.9 Å². The molecule has 4 nitrogen and oxygen atoms in total. The number of aryl methyl sites for hydroxylation is 1. The van der Waals surface area contributed by atoms with Crippen molar-refractivity contribution >= 4 is 33.2 Å². The standard InChI is InChI=1S/C13H14BrN3OS/c1-8-7-19-12(16-8)13(2,3)17-11(18)9-4-10(14)6-15-5-9/h4-7H,1-3H3,(H,17,18). The number of hydrogen-bond donors (Lipinski definition) is 1. The second-order valence-electron chi connectivity index (χ2n) is 4.76. The second kappa shape index (κ2) is 5.38. The van der Waals surface area contributed by atoms with E-state index in [9.17, 15) is 4.79 Å². The monoisotopic (exact) mass is 339 g/mol. The number of aromatic nitrogens is 2. The van der Waals surface area contributed by atoms with Crippen LogP contribution in [0.3, 0.4) is 0 Å². The molecular formula is C13H14BrN3OS. The SMILES string of the molecule is Cc1csc(C(C)(C)NC(=O)c2cncc(Br)c2)n1. The van der Waals surface area contributed by atoms with Crippen LogP contribution in [0, 0.1) is 6.92 Å². The Balaban J connectivity index is 2.18. The molecule has 2 heterocycles. The molecule has 1 amide bonds. The van der Waals surface area contributed by atoms with Crippen LogP contribution < -0.4 is 5.32 Å². The van der Waals surface area contributed by atoms with E-state index in [1.807, 2.05) is 26.2 Å². The fourth-order valence-corrected chi connectivity index (χ4v) is 2.83. The molecule has 6 heteroatoms. The molecule has 0 aromatic carbocycles. The first-order valence-corrected chi connectivity index (χ1v) is 7.41. The van der Waals surface area contributed by atoms with Gasteiger partial charge in [0.2, 0.25) is 0 Å².